The summed E-state index contributed by atoms with van der Waals surface area (Å²) in [5, 5.41) is 3.88. The van der Waals surface area contributed by atoms with Crippen LogP contribution in [0.15, 0.2) is 59.5 Å². The molecule has 0 unspecified atom stereocenters. The van der Waals surface area contributed by atoms with E-state index in [1.807, 2.05) is 36.7 Å². The molecule has 0 radical (unpaired) electrons. The third-order valence-electron chi connectivity index (χ3n) is 5.45. The standard InChI is InChI=1S/C22H22N6O/c1-27-7-9-28(10-8-27)22-25-19(21(29)26-22)12-17-14-24-20-18(17)11-16(13-23-20)15-5-3-2-4-6-15/h2-6,11-14H,7-10H2,1H3,(H,23,24)(H,25,26,29)/b19-12-. The van der Waals surface area contributed by atoms with E-state index >= 15 is 0 Å². The first-order valence-corrected chi connectivity index (χ1v) is 9.75. The summed E-state index contributed by atoms with van der Waals surface area (Å²) in [7, 11) is 2.10. The van der Waals surface area contributed by atoms with E-state index in [2.05, 4.69) is 55.3 Å². The predicted octanol–water partition coefficient (Wildman–Crippen LogP) is 2.30. The van der Waals surface area contributed by atoms with Crippen LogP contribution >= 0.6 is 0 Å². The van der Waals surface area contributed by atoms with Crippen LogP contribution in [0.2, 0.25) is 0 Å². The molecule has 1 saturated heterocycles. The van der Waals surface area contributed by atoms with Crippen LogP contribution in [0.5, 0.6) is 0 Å². The molecular weight excluding hydrogens is 364 g/mol. The minimum atomic E-state index is -0.166. The number of amides is 1. The molecule has 0 atom stereocenters. The van der Waals surface area contributed by atoms with Gasteiger partial charge in [0.25, 0.3) is 5.91 Å². The number of H-pyrrole nitrogens is 1. The van der Waals surface area contributed by atoms with E-state index in [9.17, 15) is 4.79 Å². The molecule has 1 fully saturated rings. The number of carbonyl (C=O) groups excluding carboxylic acids is 1. The largest absolute Gasteiger partial charge is 0.346 e. The number of nitrogens with zero attached hydrogens (tertiary/aromatic N) is 4. The van der Waals surface area contributed by atoms with Gasteiger partial charge in [0, 0.05) is 55.1 Å². The maximum absolute atomic E-state index is 12.5. The molecule has 0 saturated carbocycles. The van der Waals surface area contributed by atoms with Crippen LogP contribution in [0.3, 0.4) is 0 Å². The monoisotopic (exact) mass is 386 g/mol. The first-order valence-electron chi connectivity index (χ1n) is 9.75. The second-order valence-corrected chi connectivity index (χ2v) is 7.44. The maximum atomic E-state index is 12.5. The molecular formula is C22H22N6O. The first kappa shape index (κ1) is 17.6. The number of nitrogens with one attached hydrogen (secondary N) is 2. The Morgan fingerprint density at radius 1 is 1.07 bits per heavy atom. The number of carbonyl (C=O) groups is 1. The number of rotatable bonds is 2. The van der Waals surface area contributed by atoms with E-state index in [-0.39, 0.29) is 5.91 Å². The Morgan fingerprint density at radius 3 is 2.66 bits per heavy atom. The molecule has 5 rings (SSSR count). The molecule has 0 spiro atoms. The highest BCUT2D eigenvalue weighted by Crippen LogP contribution is 2.26. The van der Waals surface area contributed by atoms with E-state index in [0.717, 1.165) is 53.9 Å². The molecule has 1 aromatic carbocycles. The quantitative estimate of drug-likeness (QED) is 0.663. The smallest absolute Gasteiger partial charge is 0.276 e. The van der Waals surface area contributed by atoms with Gasteiger partial charge in [-0.2, -0.15) is 0 Å². The summed E-state index contributed by atoms with van der Waals surface area (Å²) in [6.45, 7) is 3.65. The zero-order chi connectivity index (χ0) is 19.8. The lowest BCUT2D eigenvalue weighted by molar-refractivity contribution is -0.115. The van der Waals surface area contributed by atoms with Crippen LogP contribution in [0.1, 0.15) is 5.56 Å². The zero-order valence-corrected chi connectivity index (χ0v) is 16.2. The lowest BCUT2D eigenvalue weighted by Gasteiger charge is -2.33. The highest BCUT2D eigenvalue weighted by atomic mass is 16.2. The Bertz CT molecular complexity index is 1120. The number of piperazine rings is 1. The molecule has 146 valence electrons. The molecule has 3 aromatic rings. The van der Waals surface area contributed by atoms with Gasteiger partial charge in [-0.1, -0.05) is 30.3 Å². The van der Waals surface area contributed by atoms with Gasteiger partial charge in [-0.3, -0.25) is 10.1 Å². The fraction of sp³-hybridized carbons (Fsp3) is 0.227. The normalized spacial score (nSPS) is 19.1. The molecule has 0 aliphatic carbocycles. The van der Waals surface area contributed by atoms with Crippen LogP contribution < -0.4 is 5.32 Å². The molecule has 2 aliphatic rings. The Kier molecular flexibility index (Phi) is 4.37. The molecule has 1 amide bonds. The van der Waals surface area contributed by atoms with Crippen LogP contribution in [0.25, 0.3) is 28.2 Å². The van der Waals surface area contributed by atoms with Gasteiger partial charge in [0.2, 0.25) is 5.96 Å². The summed E-state index contributed by atoms with van der Waals surface area (Å²) >= 11 is 0. The highest BCUT2D eigenvalue weighted by molar-refractivity contribution is 6.14. The van der Waals surface area contributed by atoms with Gasteiger partial charge in [0.1, 0.15) is 11.3 Å². The molecule has 4 heterocycles. The van der Waals surface area contributed by atoms with E-state index in [0.29, 0.717) is 11.7 Å². The summed E-state index contributed by atoms with van der Waals surface area (Å²) in [5.41, 5.74) is 4.26. The number of aromatic amines is 1. The summed E-state index contributed by atoms with van der Waals surface area (Å²) in [6.07, 6.45) is 5.56. The Labute approximate surface area is 168 Å². The van der Waals surface area contributed by atoms with Crippen molar-refractivity contribution in [2.24, 2.45) is 4.99 Å². The van der Waals surface area contributed by atoms with Gasteiger partial charge in [-0.05, 0) is 24.8 Å². The van der Waals surface area contributed by atoms with Gasteiger partial charge < -0.3 is 14.8 Å². The second-order valence-electron chi connectivity index (χ2n) is 7.44. The molecule has 0 bridgehead atoms. The van der Waals surface area contributed by atoms with Gasteiger partial charge in [0.05, 0.1) is 0 Å². The van der Waals surface area contributed by atoms with Crippen LogP contribution in [0, 0.1) is 0 Å². The Balaban J connectivity index is 1.47. The number of benzene rings is 1. The molecule has 2 N–H and O–H groups in total. The third kappa shape index (κ3) is 3.40. The van der Waals surface area contributed by atoms with Gasteiger partial charge >= 0.3 is 0 Å². The number of aliphatic imine (C=N–C) groups is 1. The Morgan fingerprint density at radius 2 is 1.86 bits per heavy atom. The number of guanidine groups is 1. The topological polar surface area (TPSA) is 76.6 Å². The van der Waals surface area contributed by atoms with Gasteiger partial charge in [-0.25, -0.2) is 9.98 Å². The first-order chi connectivity index (χ1) is 14.2. The van der Waals surface area contributed by atoms with E-state index in [1.165, 1.54) is 0 Å². The number of hydrogen-bond acceptors (Lipinski definition) is 5. The van der Waals surface area contributed by atoms with E-state index < -0.39 is 0 Å². The molecule has 7 heteroatoms. The summed E-state index contributed by atoms with van der Waals surface area (Å²) in [6, 6.07) is 12.2. The molecule has 7 nitrogen and oxygen atoms in total. The lowest BCUT2D eigenvalue weighted by atomic mass is 10.1. The SMILES string of the molecule is CN1CCN(C2=N/C(=C\c3c[nH]c4ncc(-c5ccccc5)cc34)C(=O)N2)CC1. The predicted molar refractivity (Wildman–Crippen MR) is 114 cm³/mol. The second kappa shape index (κ2) is 7.18. The molecule has 29 heavy (non-hydrogen) atoms. The summed E-state index contributed by atoms with van der Waals surface area (Å²) in [4.78, 5) is 29.2. The van der Waals surface area contributed by atoms with Crippen molar-refractivity contribution >= 4 is 29.0 Å². The summed E-state index contributed by atoms with van der Waals surface area (Å²) in [5.74, 6) is 0.484. The van der Waals surface area contributed by atoms with Crippen molar-refractivity contribution in [1.29, 1.82) is 0 Å². The summed E-state index contributed by atoms with van der Waals surface area (Å²) < 4.78 is 0. The molecule has 2 aliphatic heterocycles. The van der Waals surface area contributed by atoms with E-state index in [4.69, 9.17) is 0 Å². The number of likely N-dealkylation sites (N-methyl/N-ethyl adjacent to an activating group) is 1. The van der Waals surface area contributed by atoms with Crippen molar-refractivity contribution in [3.63, 3.8) is 0 Å². The van der Waals surface area contributed by atoms with E-state index in [1.54, 1.807) is 0 Å². The third-order valence-corrected chi connectivity index (χ3v) is 5.45. The van der Waals surface area contributed by atoms with Crippen molar-refractivity contribution in [2.45, 2.75) is 0 Å². The fourth-order valence-corrected chi connectivity index (χ4v) is 3.70. The van der Waals surface area contributed by atoms with Crippen molar-refractivity contribution in [3.05, 3.63) is 60.1 Å². The minimum absolute atomic E-state index is 0.166. The molecule has 2 aromatic heterocycles. The average molecular weight is 386 g/mol. The van der Waals surface area contributed by atoms with Crippen LogP contribution in [0.4, 0.5) is 0 Å². The van der Waals surface area contributed by atoms with Crippen molar-refractivity contribution in [3.8, 4) is 11.1 Å². The number of hydrogen-bond donors (Lipinski definition) is 2. The number of pyridine rings is 1. The highest BCUT2D eigenvalue weighted by Gasteiger charge is 2.26. The zero-order valence-electron chi connectivity index (χ0n) is 16.2. The van der Waals surface area contributed by atoms with Crippen molar-refractivity contribution in [1.82, 2.24) is 25.1 Å². The maximum Gasteiger partial charge on any atom is 0.276 e. The minimum Gasteiger partial charge on any atom is -0.346 e. The van der Waals surface area contributed by atoms with Gasteiger partial charge in [-0.15, -0.1) is 0 Å². The number of aromatic nitrogens is 2. The lowest BCUT2D eigenvalue weighted by Crippen LogP contribution is -2.50. The van der Waals surface area contributed by atoms with Crippen molar-refractivity contribution in [2.75, 3.05) is 33.2 Å². The number of fused-ring (bicyclic) bond motifs is 1. The van der Waals surface area contributed by atoms with Crippen molar-refractivity contribution < 1.29 is 4.79 Å². The van der Waals surface area contributed by atoms with Crippen LogP contribution in [-0.4, -0.2) is 64.9 Å². The average Bonchev–Trinajstić information content (AvgIpc) is 3.33. The Hall–Kier alpha value is -3.45. The fourth-order valence-electron chi connectivity index (χ4n) is 3.70. The van der Waals surface area contributed by atoms with Crippen LogP contribution in [-0.2, 0) is 4.79 Å². The van der Waals surface area contributed by atoms with Gasteiger partial charge in [0.15, 0.2) is 0 Å².